The largest absolute Gasteiger partial charge is 0.465 e. The molecule has 0 radical (unpaired) electrons. The molecule has 0 fully saturated rings. The van der Waals surface area contributed by atoms with Crippen LogP contribution in [0.25, 0.3) is 10.1 Å². The van der Waals surface area contributed by atoms with E-state index in [1.165, 1.54) is 7.11 Å². The van der Waals surface area contributed by atoms with Gasteiger partial charge in [0.05, 0.1) is 12.7 Å². The smallest absolute Gasteiger partial charge is 0.339 e. The second kappa shape index (κ2) is 4.44. The van der Waals surface area contributed by atoms with Gasteiger partial charge in [-0.15, -0.1) is 22.9 Å². The van der Waals surface area contributed by atoms with E-state index in [-0.39, 0.29) is 5.97 Å². The number of aryl methyl sites for hydroxylation is 1. The molecule has 0 atom stereocenters. The fraction of sp³-hybridized carbons (Fsp3) is 0.250. The van der Waals surface area contributed by atoms with Crippen LogP contribution in [0.5, 0.6) is 0 Å². The number of benzene rings is 1. The van der Waals surface area contributed by atoms with Crippen molar-refractivity contribution in [1.82, 2.24) is 0 Å². The van der Waals surface area contributed by atoms with Crippen LogP contribution in [0.15, 0.2) is 18.2 Å². The SMILES string of the molecule is COC(=O)c1c(C)sc2cc(CCl)ccc12. The molecule has 0 saturated heterocycles. The Balaban J connectivity index is 2.66. The summed E-state index contributed by atoms with van der Waals surface area (Å²) in [6, 6.07) is 5.89. The van der Waals surface area contributed by atoms with E-state index in [4.69, 9.17) is 16.3 Å². The van der Waals surface area contributed by atoms with Gasteiger partial charge >= 0.3 is 5.97 Å². The molecule has 0 bridgehead atoms. The number of methoxy groups -OCH3 is 1. The lowest BCUT2D eigenvalue weighted by Crippen LogP contribution is -2.01. The topological polar surface area (TPSA) is 26.3 Å². The van der Waals surface area contributed by atoms with Crippen molar-refractivity contribution in [3.8, 4) is 0 Å². The van der Waals surface area contributed by atoms with Gasteiger partial charge in [-0.05, 0) is 18.6 Å². The Morgan fingerprint density at radius 3 is 2.88 bits per heavy atom. The molecule has 2 rings (SSSR count). The van der Waals surface area contributed by atoms with Gasteiger partial charge in [0.25, 0.3) is 0 Å². The van der Waals surface area contributed by atoms with Crippen molar-refractivity contribution in [2.45, 2.75) is 12.8 Å². The number of thiophene rings is 1. The molecule has 16 heavy (non-hydrogen) atoms. The summed E-state index contributed by atoms with van der Waals surface area (Å²) in [5, 5.41) is 0.947. The Morgan fingerprint density at radius 2 is 2.25 bits per heavy atom. The van der Waals surface area contributed by atoms with Crippen LogP contribution in [0.4, 0.5) is 0 Å². The van der Waals surface area contributed by atoms with Crippen LogP contribution in [0, 0.1) is 6.92 Å². The molecule has 1 aromatic carbocycles. The van der Waals surface area contributed by atoms with Gasteiger partial charge in [-0.25, -0.2) is 4.79 Å². The van der Waals surface area contributed by atoms with Crippen LogP contribution in [0.1, 0.15) is 20.8 Å². The van der Waals surface area contributed by atoms with E-state index < -0.39 is 0 Å². The first-order valence-corrected chi connectivity index (χ1v) is 6.18. The number of hydrogen-bond donors (Lipinski definition) is 0. The van der Waals surface area contributed by atoms with Gasteiger partial charge in [-0.1, -0.05) is 12.1 Å². The lowest BCUT2D eigenvalue weighted by Gasteiger charge is -1.99. The van der Waals surface area contributed by atoms with Crippen LogP contribution in [-0.4, -0.2) is 13.1 Å². The average molecular weight is 255 g/mol. The Hall–Kier alpha value is -1.06. The zero-order valence-corrected chi connectivity index (χ0v) is 10.6. The zero-order valence-electron chi connectivity index (χ0n) is 9.04. The maximum atomic E-state index is 11.6. The van der Waals surface area contributed by atoms with E-state index in [9.17, 15) is 4.79 Å². The first-order valence-electron chi connectivity index (χ1n) is 4.83. The summed E-state index contributed by atoms with van der Waals surface area (Å²) in [6.07, 6.45) is 0. The third kappa shape index (κ3) is 1.81. The predicted molar refractivity (Wildman–Crippen MR) is 67.5 cm³/mol. The number of ether oxygens (including phenoxy) is 1. The summed E-state index contributed by atoms with van der Waals surface area (Å²) in [7, 11) is 1.40. The van der Waals surface area contributed by atoms with Crippen molar-refractivity contribution >= 4 is 39.0 Å². The normalized spacial score (nSPS) is 10.7. The first kappa shape index (κ1) is 11.4. The summed E-state index contributed by atoms with van der Waals surface area (Å²) in [6.45, 7) is 1.93. The van der Waals surface area contributed by atoms with Gasteiger partial charge in [0.2, 0.25) is 0 Å². The highest BCUT2D eigenvalue weighted by Crippen LogP contribution is 2.32. The van der Waals surface area contributed by atoms with Gasteiger partial charge in [-0.3, -0.25) is 0 Å². The maximum absolute atomic E-state index is 11.6. The molecule has 2 nitrogen and oxygen atoms in total. The van der Waals surface area contributed by atoms with Crippen LogP contribution in [0.3, 0.4) is 0 Å². The number of alkyl halides is 1. The molecule has 0 amide bonds. The number of hydrogen-bond acceptors (Lipinski definition) is 3. The first-order chi connectivity index (χ1) is 7.67. The third-order valence-electron chi connectivity index (χ3n) is 2.47. The highest BCUT2D eigenvalue weighted by atomic mass is 35.5. The molecule has 4 heteroatoms. The summed E-state index contributed by atoms with van der Waals surface area (Å²) in [4.78, 5) is 12.6. The highest BCUT2D eigenvalue weighted by molar-refractivity contribution is 7.19. The van der Waals surface area contributed by atoms with Gasteiger partial charge in [0.15, 0.2) is 0 Å². The maximum Gasteiger partial charge on any atom is 0.339 e. The number of carbonyl (C=O) groups is 1. The summed E-state index contributed by atoms with van der Waals surface area (Å²) < 4.78 is 5.86. The number of carbonyl (C=O) groups excluding carboxylic acids is 1. The fourth-order valence-electron chi connectivity index (χ4n) is 1.70. The lowest BCUT2D eigenvalue weighted by atomic mass is 10.1. The van der Waals surface area contributed by atoms with E-state index in [0.717, 1.165) is 20.5 Å². The zero-order chi connectivity index (χ0) is 11.7. The van der Waals surface area contributed by atoms with Crippen LogP contribution < -0.4 is 0 Å². The Kier molecular flexibility index (Phi) is 3.17. The van der Waals surface area contributed by atoms with Crippen molar-refractivity contribution < 1.29 is 9.53 Å². The van der Waals surface area contributed by atoms with E-state index in [1.54, 1.807) is 11.3 Å². The molecule has 0 N–H and O–H groups in total. The van der Waals surface area contributed by atoms with E-state index in [1.807, 2.05) is 25.1 Å². The van der Waals surface area contributed by atoms with Crippen molar-refractivity contribution in [1.29, 1.82) is 0 Å². The molecule has 0 aliphatic carbocycles. The average Bonchev–Trinajstić information content (AvgIpc) is 2.62. The summed E-state index contributed by atoms with van der Waals surface area (Å²) >= 11 is 7.37. The second-order valence-electron chi connectivity index (χ2n) is 3.49. The van der Waals surface area contributed by atoms with Crippen molar-refractivity contribution in [2.24, 2.45) is 0 Å². The Bertz CT molecular complexity index is 545. The molecule has 84 valence electrons. The fourth-order valence-corrected chi connectivity index (χ4v) is 2.98. The molecular weight excluding hydrogens is 244 g/mol. The Labute approximate surface area is 103 Å². The van der Waals surface area contributed by atoms with Crippen molar-refractivity contribution in [2.75, 3.05) is 7.11 Å². The minimum Gasteiger partial charge on any atom is -0.465 e. The predicted octanol–water partition coefficient (Wildman–Crippen LogP) is 3.74. The van der Waals surface area contributed by atoms with Crippen molar-refractivity contribution in [3.63, 3.8) is 0 Å². The number of esters is 1. The molecule has 1 aromatic heterocycles. The van der Waals surface area contributed by atoms with Crippen LogP contribution in [0.2, 0.25) is 0 Å². The van der Waals surface area contributed by atoms with Gasteiger partial charge < -0.3 is 4.74 Å². The number of halogens is 1. The van der Waals surface area contributed by atoms with Gasteiger partial charge in [-0.2, -0.15) is 0 Å². The molecule has 0 unspecified atom stereocenters. The van der Waals surface area contributed by atoms with Gasteiger partial charge in [0.1, 0.15) is 0 Å². The Morgan fingerprint density at radius 1 is 1.50 bits per heavy atom. The standard InChI is InChI=1S/C12H11ClO2S/c1-7-11(12(14)15-2)9-4-3-8(6-13)5-10(9)16-7/h3-5H,6H2,1-2H3. The number of fused-ring (bicyclic) bond motifs is 1. The molecular formula is C12H11ClO2S. The summed E-state index contributed by atoms with van der Waals surface area (Å²) in [5.74, 6) is 0.211. The van der Waals surface area contributed by atoms with E-state index in [0.29, 0.717) is 11.4 Å². The number of rotatable bonds is 2. The van der Waals surface area contributed by atoms with Gasteiger partial charge in [0, 0.05) is 20.8 Å². The monoisotopic (exact) mass is 254 g/mol. The minimum absolute atomic E-state index is 0.276. The quantitative estimate of drug-likeness (QED) is 0.603. The lowest BCUT2D eigenvalue weighted by molar-refractivity contribution is 0.0603. The van der Waals surface area contributed by atoms with Crippen LogP contribution in [-0.2, 0) is 10.6 Å². The molecule has 1 heterocycles. The summed E-state index contributed by atoms with van der Waals surface area (Å²) in [5.41, 5.74) is 1.73. The van der Waals surface area contributed by atoms with Crippen LogP contribution >= 0.6 is 22.9 Å². The molecule has 0 spiro atoms. The van der Waals surface area contributed by atoms with E-state index >= 15 is 0 Å². The molecule has 0 aliphatic rings. The molecule has 2 aromatic rings. The highest BCUT2D eigenvalue weighted by Gasteiger charge is 2.16. The second-order valence-corrected chi connectivity index (χ2v) is 5.01. The molecule has 0 aliphatic heterocycles. The third-order valence-corrected chi connectivity index (χ3v) is 3.85. The molecule has 0 saturated carbocycles. The minimum atomic E-state index is -0.276. The van der Waals surface area contributed by atoms with E-state index in [2.05, 4.69) is 0 Å². The van der Waals surface area contributed by atoms with Crippen molar-refractivity contribution in [3.05, 3.63) is 34.2 Å².